The lowest BCUT2D eigenvalue weighted by Gasteiger charge is -2.15. The molecule has 23 heavy (non-hydrogen) atoms. The van der Waals surface area contributed by atoms with Crippen LogP contribution in [-0.2, 0) is 20.7 Å². The van der Waals surface area contributed by atoms with Crippen molar-refractivity contribution in [2.75, 3.05) is 4.90 Å². The average molecular weight is 329 g/mol. The van der Waals surface area contributed by atoms with Crippen LogP contribution in [0.3, 0.4) is 0 Å². The molecule has 116 valence electrons. The molecule has 6 nitrogen and oxygen atoms in total. The number of benzene rings is 2. The van der Waals surface area contributed by atoms with Crippen molar-refractivity contribution < 1.29 is 23.1 Å². The smallest absolute Gasteiger partial charge is 0.258 e. The number of nitrogens with zero attached hydrogens (tertiary/aromatic N) is 1. The third kappa shape index (κ3) is 3.20. The van der Waals surface area contributed by atoms with Crippen molar-refractivity contribution in [1.82, 2.24) is 0 Å². The van der Waals surface area contributed by atoms with Gasteiger partial charge in [0.15, 0.2) is 11.1 Å². The van der Waals surface area contributed by atoms with Crippen LogP contribution in [0.1, 0.15) is 0 Å². The van der Waals surface area contributed by atoms with Crippen LogP contribution in [0, 0.1) is 0 Å². The molecular weight excluding hydrogens is 318 g/mol. The molecule has 1 unspecified atom stereocenters. The van der Waals surface area contributed by atoms with Gasteiger partial charge < -0.3 is 9.29 Å². The molecule has 0 saturated carbocycles. The van der Waals surface area contributed by atoms with Gasteiger partial charge in [0.1, 0.15) is 11.5 Å². The van der Waals surface area contributed by atoms with E-state index in [2.05, 4.69) is 0 Å². The van der Waals surface area contributed by atoms with Gasteiger partial charge in [-0.2, -0.15) is 0 Å². The Morgan fingerprint density at radius 3 is 2.17 bits per heavy atom. The molecule has 1 aliphatic heterocycles. The number of carbonyl (C=O) groups excluding carboxylic acids is 2. The van der Waals surface area contributed by atoms with E-state index in [0.29, 0.717) is 17.2 Å². The third-order valence-electron chi connectivity index (χ3n) is 3.15. The lowest BCUT2D eigenvalue weighted by Crippen LogP contribution is -2.29. The maximum Gasteiger partial charge on any atom is 0.258 e. The first-order valence-electron chi connectivity index (χ1n) is 6.59. The minimum absolute atomic E-state index is 0.269. The Labute approximate surface area is 134 Å². The van der Waals surface area contributed by atoms with Gasteiger partial charge >= 0.3 is 0 Å². The maximum atomic E-state index is 11.7. The summed E-state index contributed by atoms with van der Waals surface area (Å²) in [6.07, 6.45) is 2.42. The molecule has 0 saturated heterocycles. The zero-order valence-electron chi connectivity index (χ0n) is 11.7. The number of hydrogen-bond donors (Lipinski definition) is 1. The minimum Gasteiger partial charge on any atom is -0.457 e. The summed E-state index contributed by atoms with van der Waals surface area (Å²) < 4.78 is 25.5. The maximum absolute atomic E-state index is 11.7. The van der Waals surface area contributed by atoms with Crippen molar-refractivity contribution in [3.05, 3.63) is 60.7 Å². The Morgan fingerprint density at radius 2 is 1.57 bits per heavy atom. The normalized spacial score (nSPS) is 15.1. The van der Waals surface area contributed by atoms with Gasteiger partial charge in [-0.25, -0.2) is 9.11 Å². The van der Waals surface area contributed by atoms with E-state index >= 15 is 0 Å². The first kappa shape index (κ1) is 15.1. The van der Waals surface area contributed by atoms with Crippen LogP contribution >= 0.6 is 0 Å². The summed E-state index contributed by atoms with van der Waals surface area (Å²) >= 11 is -2.04. The number of hydrogen-bond acceptors (Lipinski definition) is 4. The van der Waals surface area contributed by atoms with Gasteiger partial charge in [0, 0.05) is 18.2 Å². The van der Waals surface area contributed by atoms with Crippen LogP contribution in [0.2, 0.25) is 0 Å². The van der Waals surface area contributed by atoms with Gasteiger partial charge in [-0.1, -0.05) is 6.07 Å². The van der Waals surface area contributed by atoms with Crippen molar-refractivity contribution in [3.63, 3.8) is 0 Å². The zero-order chi connectivity index (χ0) is 16.4. The molecule has 0 aromatic heterocycles. The lowest BCUT2D eigenvalue weighted by molar-refractivity contribution is -0.119. The number of amides is 2. The predicted molar refractivity (Wildman–Crippen MR) is 83.6 cm³/mol. The quantitative estimate of drug-likeness (QED) is 0.688. The minimum atomic E-state index is -2.04. The Morgan fingerprint density at radius 1 is 0.913 bits per heavy atom. The molecule has 0 aliphatic carbocycles. The van der Waals surface area contributed by atoms with Crippen molar-refractivity contribution in [1.29, 1.82) is 0 Å². The van der Waals surface area contributed by atoms with Gasteiger partial charge in [0.2, 0.25) is 0 Å². The van der Waals surface area contributed by atoms with Gasteiger partial charge in [-0.3, -0.25) is 9.59 Å². The number of carbonyl (C=O) groups is 2. The van der Waals surface area contributed by atoms with E-state index in [-0.39, 0.29) is 4.90 Å². The van der Waals surface area contributed by atoms with Crippen LogP contribution in [0.25, 0.3) is 0 Å². The molecule has 1 heterocycles. The van der Waals surface area contributed by atoms with Crippen molar-refractivity contribution in [2.45, 2.75) is 4.90 Å². The standard InChI is InChI=1S/C16H11NO5S/c18-15-8-9-16(19)17(15)11-2-1-3-13(10-11)22-12-4-6-14(7-5-12)23(20)21/h1-10H,(H,20,21). The molecule has 1 atom stereocenters. The van der Waals surface area contributed by atoms with E-state index in [1.54, 1.807) is 36.4 Å². The van der Waals surface area contributed by atoms with Crippen LogP contribution in [0.4, 0.5) is 5.69 Å². The van der Waals surface area contributed by atoms with Gasteiger partial charge in [-0.15, -0.1) is 0 Å². The first-order chi connectivity index (χ1) is 11.0. The number of ether oxygens (including phenoxy) is 1. The van der Waals surface area contributed by atoms with Gasteiger partial charge in [-0.05, 0) is 36.4 Å². The molecule has 2 aromatic rings. The monoisotopic (exact) mass is 329 g/mol. The Kier molecular flexibility index (Phi) is 4.05. The summed E-state index contributed by atoms with van der Waals surface area (Å²) in [5, 5.41) is 0. The zero-order valence-corrected chi connectivity index (χ0v) is 12.5. The van der Waals surface area contributed by atoms with E-state index in [9.17, 15) is 13.8 Å². The average Bonchev–Trinajstić information content (AvgIpc) is 2.87. The van der Waals surface area contributed by atoms with E-state index in [4.69, 9.17) is 9.29 Å². The summed E-state index contributed by atoms with van der Waals surface area (Å²) in [7, 11) is 0. The molecule has 3 rings (SSSR count). The van der Waals surface area contributed by atoms with Gasteiger partial charge in [0.05, 0.1) is 10.6 Å². The molecule has 2 aromatic carbocycles. The molecule has 0 fully saturated rings. The van der Waals surface area contributed by atoms with Gasteiger partial charge in [0.25, 0.3) is 11.8 Å². The second-order valence-corrected chi connectivity index (χ2v) is 5.63. The Balaban J connectivity index is 1.81. The van der Waals surface area contributed by atoms with Crippen LogP contribution in [-0.4, -0.2) is 20.6 Å². The highest BCUT2D eigenvalue weighted by molar-refractivity contribution is 7.79. The second kappa shape index (κ2) is 6.15. The fraction of sp³-hybridized carbons (Fsp3) is 0. The fourth-order valence-electron chi connectivity index (χ4n) is 2.10. The van der Waals surface area contributed by atoms with E-state index in [1.165, 1.54) is 24.3 Å². The Bertz CT molecular complexity index is 811. The van der Waals surface area contributed by atoms with Crippen molar-refractivity contribution >= 4 is 28.6 Å². The molecule has 0 bridgehead atoms. The molecule has 1 aliphatic rings. The van der Waals surface area contributed by atoms with Crippen LogP contribution in [0.5, 0.6) is 11.5 Å². The summed E-state index contributed by atoms with van der Waals surface area (Å²) in [5.41, 5.74) is 0.413. The number of rotatable bonds is 4. The van der Waals surface area contributed by atoms with Crippen LogP contribution < -0.4 is 9.64 Å². The second-order valence-electron chi connectivity index (χ2n) is 4.67. The highest BCUT2D eigenvalue weighted by Gasteiger charge is 2.25. The third-order valence-corrected chi connectivity index (χ3v) is 3.82. The number of anilines is 1. The van der Waals surface area contributed by atoms with E-state index < -0.39 is 22.9 Å². The van der Waals surface area contributed by atoms with E-state index in [0.717, 1.165) is 4.90 Å². The Hall–Kier alpha value is -2.77. The topological polar surface area (TPSA) is 83.9 Å². The summed E-state index contributed by atoms with van der Waals surface area (Å²) in [6, 6.07) is 12.6. The number of imide groups is 1. The highest BCUT2D eigenvalue weighted by Crippen LogP contribution is 2.28. The van der Waals surface area contributed by atoms with Crippen molar-refractivity contribution in [3.8, 4) is 11.5 Å². The summed E-state index contributed by atoms with van der Waals surface area (Å²) in [6.45, 7) is 0. The van der Waals surface area contributed by atoms with Crippen molar-refractivity contribution in [2.24, 2.45) is 0 Å². The molecule has 1 N–H and O–H groups in total. The highest BCUT2D eigenvalue weighted by atomic mass is 32.2. The predicted octanol–water partition coefficient (Wildman–Crippen LogP) is 2.49. The van der Waals surface area contributed by atoms with Crippen LogP contribution in [0.15, 0.2) is 65.6 Å². The summed E-state index contributed by atoms with van der Waals surface area (Å²) in [4.78, 5) is 24.7. The first-order valence-corrected chi connectivity index (χ1v) is 7.70. The molecule has 0 spiro atoms. The lowest BCUT2D eigenvalue weighted by atomic mass is 10.2. The molecule has 0 radical (unpaired) electrons. The largest absolute Gasteiger partial charge is 0.457 e. The summed E-state index contributed by atoms with van der Waals surface area (Å²) in [5.74, 6) is 0.102. The molecule has 2 amide bonds. The fourth-order valence-corrected chi connectivity index (χ4v) is 2.47. The molecular formula is C16H11NO5S. The SMILES string of the molecule is O=C1C=CC(=O)N1c1cccc(Oc2ccc(S(=O)O)cc2)c1. The molecule has 7 heteroatoms. The van der Waals surface area contributed by atoms with E-state index in [1.807, 2.05) is 0 Å².